The van der Waals surface area contributed by atoms with E-state index in [9.17, 15) is 0 Å². The number of ether oxygens (including phenoxy) is 1. The molecule has 0 aliphatic heterocycles. The van der Waals surface area contributed by atoms with Crippen molar-refractivity contribution in [1.29, 1.82) is 0 Å². The summed E-state index contributed by atoms with van der Waals surface area (Å²) in [5, 5.41) is 2.04. The summed E-state index contributed by atoms with van der Waals surface area (Å²) in [6.07, 6.45) is 0. The third kappa shape index (κ3) is 2.54. The second-order valence-electron chi connectivity index (χ2n) is 3.84. The molecular formula is C13H14BrNOS. The molecule has 1 heterocycles. The maximum absolute atomic E-state index is 6.26. The zero-order valence-corrected chi connectivity index (χ0v) is 12.1. The van der Waals surface area contributed by atoms with Crippen molar-refractivity contribution in [3.05, 3.63) is 50.1 Å². The second kappa shape index (κ2) is 5.21. The van der Waals surface area contributed by atoms with E-state index in [1.807, 2.05) is 30.5 Å². The van der Waals surface area contributed by atoms with Crippen molar-refractivity contribution in [1.82, 2.24) is 0 Å². The average Bonchev–Trinajstić information content (AvgIpc) is 2.74. The Morgan fingerprint density at radius 1 is 1.35 bits per heavy atom. The lowest BCUT2D eigenvalue weighted by Crippen LogP contribution is -2.11. The van der Waals surface area contributed by atoms with Gasteiger partial charge < -0.3 is 10.5 Å². The SMILES string of the molecule is COc1ccc(C(N)c2sccc2Br)cc1C. The highest BCUT2D eigenvalue weighted by molar-refractivity contribution is 9.10. The van der Waals surface area contributed by atoms with Gasteiger partial charge in [0.15, 0.2) is 0 Å². The minimum absolute atomic E-state index is 0.0889. The van der Waals surface area contributed by atoms with Crippen LogP contribution in [0.5, 0.6) is 5.75 Å². The number of hydrogen-bond acceptors (Lipinski definition) is 3. The van der Waals surface area contributed by atoms with Gasteiger partial charge in [0.05, 0.1) is 13.2 Å². The van der Waals surface area contributed by atoms with Crippen molar-refractivity contribution in [2.45, 2.75) is 13.0 Å². The van der Waals surface area contributed by atoms with E-state index >= 15 is 0 Å². The molecule has 0 radical (unpaired) electrons. The molecule has 90 valence electrons. The molecule has 4 heteroatoms. The van der Waals surface area contributed by atoms with E-state index in [4.69, 9.17) is 10.5 Å². The lowest BCUT2D eigenvalue weighted by atomic mass is 10.0. The van der Waals surface area contributed by atoms with Gasteiger partial charge in [0.25, 0.3) is 0 Å². The number of nitrogens with two attached hydrogens (primary N) is 1. The molecule has 0 aliphatic carbocycles. The normalized spacial score (nSPS) is 12.5. The van der Waals surface area contributed by atoms with Gasteiger partial charge in [0.1, 0.15) is 5.75 Å². The Labute approximate surface area is 114 Å². The molecule has 1 atom stereocenters. The molecule has 1 aromatic carbocycles. The Hall–Kier alpha value is -0.840. The van der Waals surface area contributed by atoms with Crippen LogP contribution in [0.1, 0.15) is 22.0 Å². The van der Waals surface area contributed by atoms with Crippen molar-refractivity contribution < 1.29 is 4.74 Å². The van der Waals surface area contributed by atoms with Gasteiger partial charge in [-0.2, -0.15) is 0 Å². The van der Waals surface area contributed by atoms with E-state index in [0.717, 1.165) is 26.2 Å². The fraction of sp³-hybridized carbons (Fsp3) is 0.231. The Balaban J connectivity index is 2.35. The Kier molecular flexibility index (Phi) is 3.86. The van der Waals surface area contributed by atoms with Crippen LogP contribution >= 0.6 is 27.3 Å². The first-order valence-corrected chi connectivity index (χ1v) is 6.93. The number of rotatable bonds is 3. The first kappa shape index (κ1) is 12.6. The number of halogens is 1. The molecule has 0 aliphatic rings. The summed E-state index contributed by atoms with van der Waals surface area (Å²) in [7, 11) is 1.68. The lowest BCUT2D eigenvalue weighted by Gasteiger charge is -2.13. The van der Waals surface area contributed by atoms with Crippen LogP contribution in [0, 0.1) is 6.92 Å². The number of thiophene rings is 1. The van der Waals surface area contributed by atoms with Crippen LogP contribution in [0.2, 0.25) is 0 Å². The van der Waals surface area contributed by atoms with Crippen LogP contribution in [0.15, 0.2) is 34.1 Å². The number of aryl methyl sites for hydroxylation is 1. The summed E-state index contributed by atoms with van der Waals surface area (Å²) in [5.74, 6) is 0.895. The quantitative estimate of drug-likeness (QED) is 0.933. The summed E-state index contributed by atoms with van der Waals surface area (Å²) in [6, 6.07) is 8.00. The maximum atomic E-state index is 6.26. The molecule has 2 aromatic rings. The monoisotopic (exact) mass is 311 g/mol. The van der Waals surface area contributed by atoms with Gasteiger partial charge in [-0.1, -0.05) is 12.1 Å². The average molecular weight is 312 g/mol. The molecule has 0 spiro atoms. The maximum Gasteiger partial charge on any atom is 0.121 e. The predicted octanol–water partition coefficient (Wildman–Crippen LogP) is 3.88. The van der Waals surface area contributed by atoms with Gasteiger partial charge in [-0.3, -0.25) is 0 Å². The van der Waals surface area contributed by atoms with E-state index in [1.54, 1.807) is 18.4 Å². The molecule has 0 saturated heterocycles. The topological polar surface area (TPSA) is 35.2 Å². The standard InChI is InChI=1S/C13H14BrNOS/c1-8-7-9(3-4-11(8)16-2)12(15)13-10(14)5-6-17-13/h3-7,12H,15H2,1-2H3. The van der Waals surface area contributed by atoms with Crippen molar-refractivity contribution in [2.75, 3.05) is 7.11 Å². The first-order chi connectivity index (χ1) is 8.13. The van der Waals surface area contributed by atoms with Crippen LogP contribution in [0.3, 0.4) is 0 Å². The number of methoxy groups -OCH3 is 1. The summed E-state index contributed by atoms with van der Waals surface area (Å²) in [5.41, 5.74) is 8.47. The van der Waals surface area contributed by atoms with Crippen LogP contribution in [0.25, 0.3) is 0 Å². The van der Waals surface area contributed by atoms with Gasteiger partial charge in [0, 0.05) is 9.35 Å². The van der Waals surface area contributed by atoms with E-state index in [1.165, 1.54) is 0 Å². The van der Waals surface area contributed by atoms with Crippen LogP contribution in [0.4, 0.5) is 0 Å². The van der Waals surface area contributed by atoms with Gasteiger partial charge in [-0.05, 0) is 51.5 Å². The predicted molar refractivity (Wildman–Crippen MR) is 75.8 cm³/mol. The minimum Gasteiger partial charge on any atom is -0.496 e. The van der Waals surface area contributed by atoms with E-state index in [0.29, 0.717) is 0 Å². The molecular weight excluding hydrogens is 298 g/mol. The van der Waals surface area contributed by atoms with Gasteiger partial charge in [0.2, 0.25) is 0 Å². The molecule has 0 fully saturated rings. The lowest BCUT2D eigenvalue weighted by molar-refractivity contribution is 0.411. The van der Waals surface area contributed by atoms with E-state index in [2.05, 4.69) is 22.0 Å². The van der Waals surface area contributed by atoms with Crippen LogP contribution < -0.4 is 10.5 Å². The zero-order valence-electron chi connectivity index (χ0n) is 9.74. The Bertz CT molecular complexity index is 524. The third-order valence-electron chi connectivity index (χ3n) is 2.71. The highest BCUT2D eigenvalue weighted by Crippen LogP contribution is 2.32. The highest BCUT2D eigenvalue weighted by atomic mass is 79.9. The minimum atomic E-state index is -0.0889. The summed E-state index contributed by atoms with van der Waals surface area (Å²) in [6.45, 7) is 2.03. The summed E-state index contributed by atoms with van der Waals surface area (Å²) in [4.78, 5) is 1.15. The Morgan fingerprint density at radius 3 is 2.65 bits per heavy atom. The highest BCUT2D eigenvalue weighted by Gasteiger charge is 2.14. The van der Waals surface area contributed by atoms with Gasteiger partial charge in [-0.15, -0.1) is 11.3 Å². The van der Waals surface area contributed by atoms with Gasteiger partial charge >= 0.3 is 0 Å². The smallest absolute Gasteiger partial charge is 0.121 e. The van der Waals surface area contributed by atoms with Crippen molar-refractivity contribution in [2.24, 2.45) is 5.73 Å². The molecule has 0 amide bonds. The van der Waals surface area contributed by atoms with Crippen LogP contribution in [-0.2, 0) is 0 Å². The largest absolute Gasteiger partial charge is 0.496 e. The fourth-order valence-electron chi connectivity index (χ4n) is 1.77. The zero-order chi connectivity index (χ0) is 12.4. The van der Waals surface area contributed by atoms with E-state index in [-0.39, 0.29) is 6.04 Å². The molecule has 17 heavy (non-hydrogen) atoms. The van der Waals surface area contributed by atoms with Crippen molar-refractivity contribution >= 4 is 27.3 Å². The van der Waals surface area contributed by atoms with Crippen molar-refractivity contribution in [3.8, 4) is 5.75 Å². The fourth-order valence-corrected chi connectivity index (χ4v) is 3.42. The second-order valence-corrected chi connectivity index (χ2v) is 5.64. The molecule has 2 nitrogen and oxygen atoms in total. The molecule has 0 saturated carbocycles. The molecule has 2 N–H and O–H groups in total. The molecule has 0 bridgehead atoms. The van der Waals surface area contributed by atoms with Gasteiger partial charge in [-0.25, -0.2) is 0 Å². The summed E-state index contributed by atoms with van der Waals surface area (Å²) < 4.78 is 6.32. The summed E-state index contributed by atoms with van der Waals surface area (Å²) >= 11 is 5.18. The number of benzene rings is 1. The van der Waals surface area contributed by atoms with E-state index < -0.39 is 0 Å². The number of hydrogen-bond donors (Lipinski definition) is 1. The van der Waals surface area contributed by atoms with Crippen molar-refractivity contribution in [3.63, 3.8) is 0 Å². The van der Waals surface area contributed by atoms with Crippen LogP contribution in [-0.4, -0.2) is 7.11 Å². The molecule has 1 unspecified atom stereocenters. The molecule has 2 rings (SSSR count). The third-order valence-corrected chi connectivity index (χ3v) is 4.66. The first-order valence-electron chi connectivity index (χ1n) is 5.26. The Morgan fingerprint density at radius 2 is 2.12 bits per heavy atom. The molecule has 1 aromatic heterocycles.